The molecule has 2 rings (SSSR count). The number of hydrogen-bond donors (Lipinski definition) is 2. The molecule has 5 heteroatoms. The van der Waals surface area contributed by atoms with Gasteiger partial charge in [-0.2, -0.15) is 0 Å². The fraction of sp³-hybridized carbons (Fsp3) is 0.556. The molecule has 0 saturated heterocycles. The summed E-state index contributed by atoms with van der Waals surface area (Å²) in [6, 6.07) is 8.18. The number of imidazole rings is 1. The van der Waals surface area contributed by atoms with Crippen molar-refractivity contribution in [3.8, 4) is 0 Å². The summed E-state index contributed by atoms with van der Waals surface area (Å²) in [5, 5.41) is 6.70. The first-order chi connectivity index (χ1) is 11.1. The first kappa shape index (κ1) is 17.3. The highest BCUT2D eigenvalue weighted by Crippen LogP contribution is 2.14. The molecule has 5 nitrogen and oxygen atoms in total. The lowest BCUT2D eigenvalue weighted by Crippen LogP contribution is -2.37. The summed E-state index contributed by atoms with van der Waals surface area (Å²) in [5.74, 6) is 2.59. The number of guanidine groups is 1. The minimum Gasteiger partial charge on any atom is -0.357 e. The highest BCUT2D eigenvalue weighted by atomic mass is 15.2. The molecule has 1 heterocycles. The number of fused-ring (bicyclic) bond motifs is 1. The van der Waals surface area contributed by atoms with E-state index in [1.807, 2.05) is 25.2 Å². The van der Waals surface area contributed by atoms with E-state index >= 15 is 0 Å². The minimum absolute atomic E-state index is 0.574. The van der Waals surface area contributed by atoms with Crippen LogP contribution in [0.1, 0.15) is 39.4 Å². The van der Waals surface area contributed by atoms with Crippen LogP contribution in [-0.4, -0.2) is 28.6 Å². The van der Waals surface area contributed by atoms with Crippen molar-refractivity contribution in [1.82, 2.24) is 20.2 Å². The van der Waals surface area contributed by atoms with Crippen LogP contribution < -0.4 is 10.6 Å². The summed E-state index contributed by atoms with van der Waals surface area (Å²) in [7, 11) is 2.04. The zero-order valence-corrected chi connectivity index (χ0v) is 14.8. The number of para-hydroxylation sites is 2. The fourth-order valence-electron chi connectivity index (χ4n) is 2.55. The van der Waals surface area contributed by atoms with Crippen LogP contribution in [0.25, 0.3) is 11.0 Å². The lowest BCUT2D eigenvalue weighted by atomic mass is 10.1. The minimum atomic E-state index is 0.574. The summed E-state index contributed by atoms with van der Waals surface area (Å²) in [6.45, 7) is 8.98. The Labute approximate surface area is 139 Å². The first-order valence-electron chi connectivity index (χ1n) is 8.54. The molecule has 126 valence electrons. The average molecular weight is 315 g/mol. The van der Waals surface area contributed by atoms with Crippen molar-refractivity contribution in [2.75, 3.05) is 13.1 Å². The number of hydrogen-bond acceptors (Lipinski definition) is 2. The van der Waals surface area contributed by atoms with Gasteiger partial charge in [-0.25, -0.2) is 9.98 Å². The molecule has 2 aromatic rings. The third-order valence-corrected chi connectivity index (χ3v) is 3.85. The Balaban J connectivity index is 1.99. The monoisotopic (exact) mass is 315 g/mol. The Morgan fingerprint density at radius 1 is 1.26 bits per heavy atom. The number of aliphatic imine (C=N–C) groups is 1. The van der Waals surface area contributed by atoms with Crippen molar-refractivity contribution < 1.29 is 0 Å². The van der Waals surface area contributed by atoms with E-state index in [1.54, 1.807) is 0 Å². The van der Waals surface area contributed by atoms with Gasteiger partial charge in [0.05, 0.1) is 11.0 Å². The van der Waals surface area contributed by atoms with Crippen LogP contribution in [0.4, 0.5) is 0 Å². The smallest absolute Gasteiger partial charge is 0.191 e. The zero-order valence-electron chi connectivity index (χ0n) is 14.8. The van der Waals surface area contributed by atoms with Crippen LogP contribution in [-0.2, 0) is 13.6 Å². The van der Waals surface area contributed by atoms with Crippen LogP contribution in [0.5, 0.6) is 0 Å². The number of benzene rings is 1. The maximum absolute atomic E-state index is 4.67. The van der Waals surface area contributed by atoms with Gasteiger partial charge in [0.2, 0.25) is 0 Å². The third-order valence-electron chi connectivity index (χ3n) is 3.85. The maximum atomic E-state index is 4.67. The van der Waals surface area contributed by atoms with E-state index in [0.29, 0.717) is 6.54 Å². The van der Waals surface area contributed by atoms with E-state index in [-0.39, 0.29) is 0 Å². The molecular weight excluding hydrogens is 286 g/mol. The van der Waals surface area contributed by atoms with Crippen molar-refractivity contribution in [3.05, 3.63) is 30.1 Å². The van der Waals surface area contributed by atoms with Crippen molar-refractivity contribution in [1.29, 1.82) is 0 Å². The van der Waals surface area contributed by atoms with Gasteiger partial charge in [-0.15, -0.1) is 0 Å². The van der Waals surface area contributed by atoms with Gasteiger partial charge in [0.1, 0.15) is 12.4 Å². The van der Waals surface area contributed by atoms with E-state index in [0.717, 1.165) is 48.2 Å². The Hall–Kier alpha value is -2.04. The molecule has 0 aliphatic carbocycles. The molecular formula is C18H29N5. The Bertz CT molecular complexity index is 642. The van der Waals surface area contributed by atoms with Gasteiger partial charge in [-0.3, -0.25) is 0 Å². The average Bonchev–Trinajstić information content (AvgIpc) is 2.85. The summed E-state index contributed by atoms with van der Waals surface area (Å²) in [6.07, 6.45) is 2.39. The number of aryl methyl sites for hydroxylation is 1. The first-order valence-corrected chi connectivity index (χ1v) is 8.54. The van der Waals surface area contributed by atoms with Gasteiger partial charge >= 0.3 is 0 Å². The number of rotatable bonds is 7. The molecule has 0 saturated carbocycles. The van der Waals surface area contributed by atoms with E-state index in [1.165, 1.54) is 6.42 Å². The van der Waals surface area contributed by atoms with Gasteiger partial charge in [0.15, 0.2) is 5.96 Å². The molecule has 0 fully saturated rings. The van der Waals surface area contributed by atoms with Crippen LogP contribution >= 0.6 is 0 Å². The zero-order chi connectivity index (χ0) is 16.7. The van der Waals surface area contributed by atoms with Crippen LogP contribution in [0, 0.1) is 5.92 Å². The normalized spacial score (nSPS) is 12.1. The molecule has 0 unspecified atom stereocenters. The van der Waals surface area contributed by atoms with Crippen LogP contribution in [0.3, 0.4) is 0 Å². The molecule has 2 N–H and O–H groups in total. The SMILES string of the molecule is CCNC(=NCc1nc2ccccc2n1C)NCCCC(C)C. The van der Waals surface area contributed by atoms with Gasteiger partial charge in [0, 0.05) is 20.1 Å². The standard InChI is InChI=1S/C18H29N5/c1-5-19-18(20-12-8-9-14(2)3)21-13-17-22-15-10-6-7-11-16(15)23(17)4/h6-7,10-11,14H,5,8-9,12-13H2,1-4H3,(H2,19,20,21). The van der Waals surface area contributed by atoms with Gasteiger partial charge < -0.3 is 15.2 Å². The van der Waals surface area contributed by atoms with Gasteiger partial charge in [-0.05, 0) is 37.8 Å². The summed E-state index contributed by atoms with van der Waals surface area (Å²) >= 11 is 0. The van der Waals surface area contributed by atoms with Crippen molar-refractivity contribution in [2.45, 2.75) is 40.2 Å². The van der Waals surface area contributed by atoms with Crippen molar-refractivity contribution >= 4 is 17.0 Å². The molecule has 0 spiro atoms. The van der Waals surface area contributed by atoms with Gasteiger partial charge in [-0.1, -0.05) is 26.0 Å². The largest absolute Gasteiger partial charge is 0.357 e. The van der Waals surface area contributed by atoms with Crippen molar-refractivity contribution in [3.63, 3.8) is 0 Å². The molecule has 0 aliphatic rings. The third kappa shape index (κ3) is 4.98. The molecule has 23 heavy (non-hydrogen) atoms. The lowest BCUT2D eigenvalue weighted by molar-refractivity contribution is 0.549. The molecule has 0 aliphatic heterocycles. The van der Waals surface area contributed by atoms with E-state index in [4.69, 9.17) is 0 Å². The van der Waals surface area contributed by atoms with Gasteiger partial charge in [0.25, 0.3) is 0 Å². The molecule has 1 aromatic carbocycles. The number of nitrogens with one attached hydrogen (secondary N) is 2. The highest BCUT2D eigenvalue weighted by Gasteiger charge is 2.06. The topological polar surface area (TPSA) is 54.2 Å². The Kier molecular flexibility index (Phi) is 6.44. The van der Waals surface area contributed by atoms with Crippen LogP contribution in [0.2, 0.25) is 0 Å². The lowest BCUT2D eigenvalue weighted by Gasteiger charge is -2.12. The predicted molar refractivity (Wildman–Crippen MR) is 97.6 cm³/mol. The molecule has 0 radical (unpaired) electrons. The Morgan fingerprint density at radius 3 is 2.74 bits per heavy atom. The second-order valence-corrected chi connectivity index (χ2v) is 6.23. The number of nitrogens with zero attached hydrogens (tertiary/aromatic N) is 3. The quantitative estimate of drug-likeness (QED) is 0.469. The van der Waals surface area contributed by atoms with Crippen molar-refractivity contribution in [2.24, 2.45) is 18.0 Å². The predicted octanol–water partition coefficient (Wildman–Crippen LogP) is 3.06. The Morgan fingerprint density at radius 2 is 2.04 bits per heavy atom. The maximum Gasteiger partial charge on any atom is 0.191 e. The fourth-order valence-corrected chi connectivity index (χ4v) is 2.55. The number of aromatic nitrogens is 2. The van der Waals surface area contributed by atoms with E-state index in [9.17, 15) is 0 Å². The van der Waals surface area contributed by atoms with Crippen LogP contribution in [0.15, 0.2) is 29.3 Å². The molecule has 0 atom stereocenters. The summed E-state index contributed by atoms with van der Waals surface area (Å²) in [5.41, 5.74) is 2.17. The molecule has 1 aromatic heterocycles. The summed E-state index contributed by atoms with van der Waals surface area (Å²) in [4.78, 5) is 9.33. The highest BCUT2D eigenvalue weighted by molar-refractivity contribution is 5.80. The van der Waals surface area contributed by atoms with E-state index < -0.39 is 0 Å². The summed E-state index contributed by atoms with van der Waals surface area (Å²) < 4.78 is 2.11. The molecule has 0 amide bonds. The van der Waals surface area contributed by atoms with E-state index in [2.05, 4.69) is 52.0 Å². The second-order valence-electron chi connectivity index (χ2n) is 6.23. The second kappa shape index (κ2) is 8.56. The molecule has 0 bridgehead atoms.